The van der Waals surface area contributed by atoms with Crippen LogP contribution in [0.2, 0.25) is 4.34 Å². The molecule has 0 atom stereocenters. The molecule has 0 saturated heterocycles. The second kappa shape index (κ2) is 5.52. The molecule has 102 valence electrons. The number of hydrogen-bond acceptors (Lipinski definition) is 4. The van der Waals surface area contributed by atoms with Gasteiger partial charge in [-0.1, -0.05) is 35.1 Å². The lowest BCUT2D eigenvalue weighted by Gasteiger charge is -1.93. The second-order valence-electron chi connectivity index (χ2n) is 4.30. The van der Waals surface area contributed by atoms with Crippen LogP contribution in [0.4, 0.5) is 0 Å². The van der Waals surface area contributed by atoms with Gasteiger partial charge in [0, 0.05) is 7.05 Å². The van der Waals surface area contributed by atoms with E-state index in [1.165, 1.54) is 21.6 Å². The van der Waals surface area contributed by atoms with Crippen molar-refractivity contribution in [2.24, 2.45) is 17.3 Å². The molecule has 20 heavy (non-hydrogen) atoms. The number of rotatable bonds is 2. The van der Waals surface area contributed by atoms with Crippen molar-refractivity contribution in [3.05, 3.63) is 50.4 Å². The molecule has 6 heteroatoms. The minimum atomic E-state index is 0.766. The van der Waals surface area contributed by atoms with Crippen molar-refractivity contribution < 1.29 is 0 Å². The third-order valence-corrected chi connectivity index (χ3v) is 5.37. The smallest absolute Gasteiger partial charge is 0.211 e. The number of para-hydroxylation sites is 1. The number of aryl methyl sites for hydroxylation is 1. The van der Waals surface area contributed by atoms with Crippen molar-refractivity contribution in [3.63, 3.8) is 0 Å². The zero-order valence-corrected chi connectivity index (χ0v) is 13.4. The Kier molecular flexibility index (Phi) is 3.74. The van der Waals surface area contributed by atoms with Crippen LogP contribution in [0.15, 0.2) is 46.6 Å². The van der Waals surface area contributed by atoms with Crippen LogP contribution < -0.4 is 4.80 Å². The molecule has 2 aromatic heterocycles. The first-order valence-corrected chi connectivity index (χ1v) is 8.05. The summed E-state index contributed by atoms with van der Waals surface area (Å²) in [6.45, 7) is 1.94. The summed E-state index contributed by atoms with van der Waals surface area (Å²) in [6, 6.07) is 12.1. The van der Waals surface area contributed by atoms with Crippen LogP contribution in [0.1, 0.15) is 11.8 Å². The number of benzene rings is 1. The molecule has 0 radical (unpaired) electrons. The lowest BCUT2D eigenvalue weighted by atomic mass is 10.3. The highest BCUT2D eigenvalue weighted by Crippen LogP contribution is 2.22. The average molecular weight is 322 g/mol. The van der Waals surface area contributed by atoms with Gasteiger partial charge in [-0.3, -0.25) is 0 Å². The van der Waals surface area contributed by atoms with Gasteiger partial charge in [0.25, 0.3) is 0 Å². The monoisotopic (exact) mass is 321 g/mol. The lowest BCUT2D eigenvalue weighted by molar-refractivity contribution is 0.888. The molecule has 0 bridgehead atoms. The van der Waals surface area contributed by atoms with Crippen LogP contribution in [0, 0.1) is 0 Å². The third kappa shape index (κ3) is 2.57. The number of thiazole rings is 1. The van der Waals surface area contributed by atoms with Gasteiger partial charge >= 0.3 is 0 Å². The molecule has 0 unspecified atom stereocenters. The summed E-state index contributed by atoms with van der Waals surface area (Å²) in [5.41, 5.74) is 2.04. The van der Waals surface area contributed by atoms with E-state index >= 15 is 0 Å². The van der Waals surface area contributed by atoms with Crippen molar-refractivity contribution in [2.45, 2.75) is 6.92 Å². The van der Waals surface area contributed by atoms with Crippen molar-refractivity contribution in [2.75, 3.05) is 0 Å². The SMILES string of the molecule is CC(=NN=c1sc2ccccc2n1C)c1ccc(Cl)s1. The third-order valence-electron chi connectivity index (χ3n) is 2.93. The molecule has 1 aromatic carbocycles. The maximum atomic E-state index is 5.93. The molecular weight excluding hydrogens is 310 g/mol. The van der Waals surface area contributed by atoms with Crippen molar-refractivity contribution in [1.82, 2.24) is 4.57 Å². The summed E-state index contributed by atoms with van der Waals surface area (Å²) in [5, 5.41) is 8.68. The Labute approximate surface area is 129 Å². The Hall–Kier alpha value is -1.43. The van der Waals surface area contributed by atoms with Crippen molar-refractivity contribution in [3.8, 4) is 0 Å². The zero-order valence-electron chi connectivity index (χ0n) is 11.0. The summed E-state index contributed by atoms with van der Waals surface area (Å²) in [4.78, 5) is 1.93. The normalized spacial score (nSPS) is 13.3. The summed E-state index contributed by atoms with van der Waals surface area (Å²) in [7, 11) is 2.00. The van der Waals surface area contributed by atoms with E-state index in [9.17, 15) is 0 Å². The molecule has 0 aliphatic carbocycles. The zero-order chi connectivity index (χ0) is 14.1. The topological polar surface area (TPSA) is 29.6 Å². The van der Waals surface area contributed by atoms with Gasteiger partial charge in [0.2, 0.25) is 4.80 Å². The highest BCUT2D eigenvalue weighted by Gasteiger charge is 2.03. The number of hydrogen-bond donors (Lipinski definition) is 0. The van der Waals surface area contributed by atoms with Crippen LogP contribution >= 0.6 is 34.3 Å². The van der Waals surface area contributed by atoms with Crippen LogP contribution in [0.5, 0.6) is 0 Å². The van der Waals surface area contributed by atoms with Gasteiger partial charge < -0.3 is 4.57 Å². The number of aromatic nitrogens is 1. The average Bonchev–Trinajstić information content (AvgIpc) is 3.01. The van der Waals surface area contributed by atoms with Crippen LogP contribution in [0.25, 0.3) is 10.2 Å². The molecule has 3 rings (SSSR count). The quantitative estimate of drug-likeness (QED) is 0.498. The Morgan fingerprint density at radius 3 is 2.65 bits per heavy atom. The molecular formula is C14H12ClN3S2. The van der Waals surface area contributed by atoms with Gasteiger partial charge in [-0.25, -0.2) is 0 Å². The highest BCUT2D eigenvalue weighted by molar-refractivity contribution is 7.18. The molecule has 0 saturated carbocycles. The molecule has 2 heterocycles. The molecule has 0 amide bonds. The lowest BCUT2D eigenvalue weighted by Crippen LogP contribution is -2.09. The largest absolute Gasteiger partial charge is 0.318 e. The second-order valence-corrected chi connectivity index (χ2v) is 7.02. The Balaban J connectivity index is 2.04. The maximum absolute atomic E-state index is 5.93. The minimum Gasteiger partial charge on any atom is -0.318 e. The Morgan fingerprint density at radius 1 is 1.15 bits per heavy atom. The van der Waals surface area contributed by atoms with Gasteiger partial charge in [-0.15, -0.1) is 16.4 Å². The molecule has 3 nitrogen and oxygen atoms in total. The molecule has 0 aliphatic heterocycles. The highest BCUT2D eigenvalue weighted by atomic mass is 35.5. The number of nitrogens with zero attached hydrogens (tertiary/aromatic N) is 3. The van der Waals surface area contributed by atoms with E-state index in [1.807, 2.05) is 38.2 Å². The maximum Gasteiger partial charge on any atom is 0.211 e. The number of halogens is 1. The fourth-order valence-electron chi connectivity index (χ4n) is 1.85. The van der Waals surface area contributed by atoms with Crippen LogP contribution in [-0.2, 0) is 7.05 Å². The predicted molar refractivity (Wildman–Crippen MR) is 87.9 cm³/mol. The molecule has 0 aliphatic rings. The van der Waals surface area contributed by atoms with Crippen molar-refractivity contribution >= 4 is 50.2 Å². The summed E-state index contributed by atoms with van der Waals surface area (Å²) >= 11 is 9.08. The molecule has 0 N–H and O–H groups in total. The summed E-state index contributed by atoms with van der Waals surface area (Å²) in [6.07, 6.45) is 0. The van der Waals surface area contributed by atoms with Gasteiger partial charge in [-0.2, -0.15) is 5.10 Å². The van der Waals surface area contributed by atoms with E-state index in [-0.39, 0.29) is 0 Å². The van der Waals surface area contributed by atoms with E-state index in [0.29, 0.717) is 0 Å². The summed E-state index contributed by atoms with van der Waals surface area (Å²) < 4.78 is 4.03. The first-order chi connectivity index (χ1) is 9.65. The van der Waals surface area contributed by atoms with E-state index in [1.54, 1.807) is 11.3 Å². The molecule has 3 aromatic rings. The van der Waals surface area contributed by atoms with E-state index in [2.05, 4.69) is 26.9 Å². The minimum absolute atomic E-state index is 0.766. The Morgan fingerprint density at radius 2 is 1.95 bits per heavy atom. The number of fused-ring (bicyclic) bond motifs is 1. The van der Waals surface area contributed by atoms with Gasteiger partial charge in [0.1, 0.15) is 0 Å². The van der Waals surface area contributed by atoms with Gasteiger partial charge in [-0.05, 0) is 31.2 Å². The predicted octanol–water partition coefficient (Wildman–Crippen LogP) is 4.28. The number of thiophene rings is 1. The van der Waals surface area contributed by atoms with E-state index in [4.69, 9.17) is 11.6 Å². The van der Waals surface area contributed by atoms with Gasteiger partial charge in [0.15, 0.2) is 0 Å². The van der Waals surface area contributed by atoms with E-state index < -0.39 is 0 Å². The van der Waals surface area contributed by atoms with Crippen LogP contribution in [-0.4, -0.2) is 10.3 Å². The first kappa shape index (κ1) is 13.5. The fraction of sp³-hybridized carbons (Fsp3) is 0.143. The molecule has 0 spiro atoms. The Bertz CT molecular complexity index is 855. The van der Waals surface area contributed by atoms with E-state index in [0.717, 1.165) is 19.7 Å². The standard InChI is InChI=1S/C14H12ClN3S2/c1-9(11-7-8-13(15)19-11)16-17-14-18(2)10-5-3-4-6-12(10)20-14/h3-8H,1-2H3. The molecule has 0 fully saturated rings. The van der Waals surface area contributed by atoms with Gasteiger partial charge in [0.05, 0.1) is 25.1 Å². The van der Waals surface area contributed by atoms with Crippen LogP contribution in [0.3, 0.4) is 0 Å². The fourth-order valence-corrected chi connectivity index (χ4v) is 3.81. The summed E-state index contributed by atoms with van der Waals surface area (Å²) in [5.74, 6) is 0. The van der Waals surface area contributed by atoms with Crippen molar-refractivity contribution in [1.29, 1.82) is 0 Å². The first-order valence-electron chi connectivity index (χ1n) is 6.04.